The van der Waals surface area contributed by atoms with E-state index < -0.39 is 0 Å². The highest BCUT2D eigenvalue weighted by Gasteiger charge is 1.84. The van der Waals surface area contributed by atoms with Crippen molar-refractivity contribution in [3.05, 3.63) is 30.3 Å². The standard InChI is InChI=1S/C8H10S.C2H6O2.C2H6/c1-2-9-8-6-4-3-5-7-8;1-3-4-2;1-2/h3-7H,2H2,1H3;1-2H3;1-2H3. The van der Waals surface area contributed by atoms with Gasteiger partial charge in [-0.3, -0.25) is 0 Å². The fraction of sp³-hybridized carbons (Fsp3) is 0.500. The highest BCUT2D eigenvalue weighted by Crippen LogP contribution is 2.15. The van der Waals surface area contributed by atoms with Gasteiger partial charge in [0, 0.05) is 4.90 Å². The highest BCUT2D eigenvalue weighted by molar-refractivity contribution is 7.99. The molecule has 88 valence electrons. The van der Waals surface area contributed by atoms with Crippen molar-refractivity contribution in [3.63, 3.8) is 0 Å². The molecule has 2 nitrogen and oxygen atoms in total. The Morgan fingerprint density at radius 1 is 1.00 bits per heavy atom. The molecule has 0 saturated heterocycles. The summed E-state index contributed by atoms with van der Waals surface area (Å²) in [6.07, 6.45) is 0. The molecule has 1 aromatic carbocycles. The van der Waals surface area contributed by atoms with Gasteiger partial charge in [0.2, 0.25) is 0 Å². The molecule has 0 aliphatic carbocycles. The van der Waals surface area contributed by atoms with E-state index in [1.54, 1.807) is 0 Å². The van der Waals surface area contributed by atoms with E-state index in [0.29, 0.717) is 0 Å². The van der Waals surface area contributed by atoms with Gasteiger partial charge in [-0.2, -0.15) is 0 Å². The minimum atomic E-state index is 1.16. The lowest BCUT2D eigenvalue weighted by molar-refractivity contribution is -0.248. The maximum absolute atomic E-state index is 4.04. The van der Waals surface area contributed by atoms with Crippen molar-refractivity contribution in [3.8, 4) is 0 Å². The molecule has 0 aliphatic heterocycles. The third-order valence-electron chi connectivity index (χ3n) is 1.22. The SMILES string of the molecule is CC.CCSc1ccccc1.COOC. The van der Waals surface area contributed by atoms with Gasteiger partial charge in [0.1, 0.15) is 0 Å². The smallest absolute Gasteiger partial charge is 0.0712 e. The molecule has 0 saturated carbocycles. The van der Waals surface area contributed by atoms with Crippen molar-refractivity contribution < 1.29 is 9.78 Å². The largest absolute Gasteiger partial charge is 0.240 e. The lowest BCUT2D eigenvalue weighted by Gasteiger charge is -1.93. The maximum Gasteiger partial charge on any atom is 0.0712 e. The van der Waals surface area contributed by atoms with E-state index in [1.807, 2.05) is 31.7 Å². The first-order valence-corrected chi connectivity index (χ1v) is 6.08. The average molecular weight is 230 g/mol. The molecule has 1 aromatic rings. The van der Waals surface area contributed by atoms with E-state index in [0.717, 1.165) is 5.75 Å². The number of benzene rings is 1. The van der Waals surface area contributed by atoms with Crippen molar-refractivity contribution in [2.45, 2.75) is 25.7 Å². The fourth-order valence-corrected chi connectivity index (χ4v) is 1.37. The molecule has 0 radical (unpaired) electrons. The van der Waals surface area contributed by atoms with Crippen LogP contribution in [0.4, 0.5) is 0 Å². The van der Waals surface area contributed by atoms with Gasteiger partial charge in [-0.25, -0.2) is 9.78 Å². The predicted molar refractivity (Wildman–Crippen MR) is 68.2 cm³/mol. The van der Waals surface area contributed by atoms with Gasteiger partial charge in [-0.15, -0.1) is 11.8 Å². The Morgan fingerprint density at radius 3 is 1.80 bits per heavy atom. The highest BCUT2D eigenvalue weighted by atomic mass is 32.2. The van der Waals surface area contributed by atoms with Crippen LogP contribution in [0.25, 0.3) is 0 Å². The van der Waals surface area contributed by atoms with Crippen LogP contribution in [0, 0.1) is 0 Å². The molecule has 0 fully saturated rings. The van der Waals surface area contributed by atoms with Crippen LogP contribution in [0.3, 0.4) is 0 Å². The van der Waals surface area contributed by atoms with Crippen molar-refractivity contribution >= 4 is 11.8 Å². The first-order chi connectivity index (χ1) is 7.35. The lowest BCUT2D eigenvalue weighted by Crippen LogP contribution is -1.72. The number of thioether (sulfide) groups is 1. The molecule has 0 N–H and O–H groups in total. The van der Waals surface area contributed by atoms with Crippen LogP contribution in [0.2, 0.25) is 0 Å². The number of rotatable bonds is 3. The zero-order valence-electron chi connectivity index (χ0n) is 10.3. The third-order valence-corrected chi connectivity index (χ3v) is 2.12. The molecule has 0 unspecified atom stereocenters. The summed E-state index contributed by atoms with van der Waals surface area (Å²) in [4.78, 5) is 9.44. The minimum absolute atomic E-state index is 1.16. The quantitative estimate of drug-likeness (QED) is 0.444. The molecule has 15 heavy (non-hydrogen) atoms. The molecule has 0 bridgehead atoms. The van der Waals surface area contributed by atoms with Gasteiger partial charge < -0.3 is 0 Å². The second-order valence-corrected chi connectivity index (χ2v) is 3.42. The third kappa shape index (κ3) is 13.5. The Bertz CT molecular complexity index is 188. The predicted octanol–water partition coefficient (Wildman–Crippen LogP) is 4.02. The summed E-state index contributed by atoms with van der Waals surface area (Å²) in [5.74, 6) is 1.16. The summed E-state index contributed by atoms with van der Waals surface area (Å²) in [7, 11) is 2.92. The first-order valence-electron chi connectivity index (χ1n) is 5.09. The van der Waals surface area contributed by atoms with Crippen LogP contribution in [0.5, 0.6) is 0 Å². The van der Waals surface area contributed by atoms with Gasteiger partial charge >= 0.3 is 0 Å². The molecule has 0 heterocycles. The van der Waals surface area contributed by atoms with Gasteiger partial charge in [0.05, 0.1) is 14.2 Å². The maximum atomic E-state index is 4.04. The fourth-order valence-electron chi connectivity index (χ4n) is 0.683. The van der Waals surface area contributed by atoms with Crippen LogP contribution in [-0.4, -0.2) is 20.0 Å². The van der Waals surface area contributed by atoms with Crippen molar-refractivity contribution in [2.24, 2.45) is 0 Å². The summed E-state index contributed by atoms with van der Waals surface area (Å²) in [5, 5.41) is 0. The molecule has 0 amide bonds. The molecule has 0 spiro atoms. The van der Waals surface area contributed by atoms with Crippen molar-refractivity contribution in [2.75, 3.05) is 20.0 Å². The average Bonchev–Trinajstić information content (AvgIpc) is 2.34. The van der Waals surface area contributed by atoms with Gasteiger partial charge in [0.15, 0.2) is 0 Å². The lowest BCUT2D eigenvalue weighted by atomic mass is 10.4. The first kappa shape index (κ1) is 16.9. The molecule has 1 rings (SSSR count). The Balaban J connectivity index is 0. The summed E-state index contributed by atoms with van der Waals surface area (Å²) >= 11 is 1.88. The Hall–Kier alpha value is -0.510. The van der Waals surface area contributed by atoms with Crippen molar-refractivity contribution in [1.82, 2.24) is 0 Å². The molecule has 0 aromatic heterocycles. The molecule has 3 heteroatoms. The minimum Gasteiger partial charge on any atom is -0.240 e. The van der Waals surface area contributed by atoms with Crippen LogP contribution >= 0.6 is 11.8 Å². The van der Waals surface area contributed by atoms with Crippen LogP contribution in [0.1, 0.15) is 20.8 Å². The van der Waals surface area contributed by atoms with Gasteiger partial charge in [-0.1, -0.05) is 39.0 Å². The van der Waals surface area contributed by atoms with Crippen LogP contribution in [0.15, 0.2) is 35.2 Å². The number of hydrogen-bond acceptors (Lipinski definition) is 3. The Kier molecular flexibility index (Phi) is 18.0. The Morgan fingerprint density at radius 2 is 1.47 bits per heavy atom. The van der Waals surface area contributed by atoms with Crippen LogP contribution < -0.4 is 0 Å². The second-order valence-electron chi connectivity index (χ2n) is 2.08. The van der Waals surface area contributed by atoms with Gasteiger partial charge in [-0.05, 0) is 17.9 Å². The molecular formula is C12H22O2S. The molecule has 0 aliphatic rings. The summed E-state index contributed by atoms with van der Waals surface area (Å²) < 4.78 is 0. The topological polar surface area (TPSA) is 18.5 Å². The normalized spacial score (nSPS) is 8.07. The van der Waals surface area contributed by atoms with Crippen LogP contribution in [-0.2, 0) is 9.78 Å². The molecular weight excluding hydrogens is 208 g/mol. The van der Waals surface area contributed by atoms with E-state index >= 15 is 0 Å². The summed E-state index contributed by atoms with van der Waals surface area (Å²) in [6, 6.07) is 10.4. The second kappa shape index (κ2) is 15.9. The zero-order chi connectivity index (χ0) is 11.9. The van der Waals surface area contributed by atoms with Crippen molar-refractivity contribution in [1.29, 1.82) is 0 Å². The van der Waals surface area contributed by atoms with Gasteiger partial charge in [0.25, 0.3) is 0 Å². The van der Waals surface area contributed by atoms with E-state index in [9.17, 15) is 0 Å². The summed E-state index contributed by atoms with van der Waals surface area (Å²) in [6.45, 7) is 6.16. The molecule has 0 atom stereocenters. The Labute approximate surface area is 97.9 Å². The zero-order valence-corrected chi connectivity index (χ0v) is 11.1. The van der Waals surface area contributed by atoms with E-state index in [2.05, 4.69) is 41.0 Å². The van der Waals surface area contributed by atoms with E-state index in [-0.39, 0.29) is 0 Å². The number of hydrogen-bond donors (Lipinski definition) is 0. The monoisotopic (exact) mass is 230 g/mol. The van der Waals surface area contributed by atoms with E-state index in [1.165, 1.54) is 19.1 Å². The van der Waals surface area contributed by atoms with E-state index in [4.69, 9.17) is 0 Å². The summed E-state index contributed by atoms with van der Waals surface area (Å²) in [5.41, 5.74) is 0.